The van der Waals surface area contributed by atoms with Crippen molar-refractivity contribution in [3.63, 3.8) is 0 Å². The van der Waals surface area contributed by atoms with Gasteiger partial charge in [0.05, 0.1) is 0 Å². The second-order valence-corrected chi connectivity index (χ2v) is 7.04. The molecule has 0 bridgehead atoms. The van der Waals surface area contributed by atoms with Crippen LogP contribution in [0.3, 0.4) is 0 Å². The molecule has 5 heteroatoms. The molecule has 0 atom stereocenters. The van der Waals surface area contributed by atoms with E-state index in [1.54, 1.807) is 0 Å². The lowest BCUT2D eigenvalue weighted by Gasteiger charge is -2.37. The number of nitrogens with one attached hydrogen (secondary N) is 1. The molecule has 0 spiro atoms. The lowest BCUT2D eigenvalue weighted by atomic mass is 9.80. The third-order valence-corrected chi connectivity index (χ3v) is 4.74. The number of aromatic nitrogens is 1. The number of hydrogen-bond donors (Lipinski definition) is 1. The Balaban J connectivity index is 1.95. The first-order valence-corrected chi connectivity index (χ1v) is 8.05. The van der Waals surface area contributed by atoms with Gasteiger partial charge < -0.3 is 14.8 Å². The van der Waals surface area contributed by atoms with Gasteiger partial charge in [-0.2, -0.15) is 0 Å². The molecule has 2 heterocycles. The van der Waals surface area contributed by atoms with Gasteiger partial charge in [-0.15, -0.1) is 0 Å². The van der Waals surface area contributed by atoms with Crippen LogP contribution >= 0.6 is 15.9 Å². The van der Waals surface area contributed by atoms with E-state index in [4.69, 9.17) is 0 Å². The highest BCUT2D eigenvalue weighted by Gasteiger charge is 2.29. The molecule has 1 aromatic heterocycles. The number of hydrogen-bond acceptors (Lipinski definition) is 2. The minimum Gasteiger partial charge on any atom is -0.350 e. The van der Waals surface area contributed by atoms with E-state index in [0.29, 0.717) is 0 Å². The molecule has 1 aromatic rings. The van der Waals surface area contributed by atoms with Crippen LogP contribution < -0.4 is 5.32 Å². The van der Waals surface area contributed by atoms with Gasteiger partial charge in [-0.1, -0.05) is 6.92 Å². The van der Waals surface area contributed by atoms with Crippen molar-refractivity contribution in [2.75, 3.05) is 26.7 Å². The van der Waals surface area contributed by atoms with Crippen molar-refractivity contribution in [2.45, 2.75) is 33.2 Å². The maximum Gasteiger partial charge on any atom is 0.267 e. The summed E-state index contributed by atoms with van der Waals surface area (Å²) in [5.74, 6) is 0.0257. The van der Waals surface area contributed by atoms with Gasteiger partial charge in [0.15, 0.2) is 0 Å². The van der Waals surface area contributed by atoms with E-state index in [0.717, 1.165) is 49.2 Å². The van der Waals surface area contributed by atoms with Crippen LogP contribution in [-0.2, 0) is 6.54 Å². The molecule has 20 heavy (non-hydrogen) atoms. The SMILES string of the molecule is CCn1cc(Br)cc1C(=O)NCC1(C)CCN(C)CC1. The van der Waals surface area contributed by atoms with Crippen LogP contribution in [-0.4, -0.2) is 42.1 Å². The highest BCUT2D eigenvalue weighted by atomic mass is 79.9. The minimum atomic E-state index is 0.0257. The molecule has 0 unspecified atom stereocenters. The van der Waals surface area contributed by atoms with Crippen molar-refractivity contribution in [2.24, 2.45) is 5.41 Å². The van der Waals surface area contributed by atoms with Gasteiger partial charge in [-0.05, 0) is 67.3 Å². The van der Waals surface area contributed by atoms with Crippen LogP contribution in [0.5, 0.6) is 0 Å². The van der Waals surface area contributed by atoms with Gasteiger partial charge in [0.25, 0.3) is 5.91 Å². The standard InChI is InChI=1S/C15H24BrN3O/c1-4-19-10-12(16)9-13(19)14(20)17-11-15(2)5-7-18(3)8-6-15/h9-10H,4-8,11H2,1-3H3,(H,17,20). The third kappa shape index (κ3) is 3.64. The average molecular weight is 342 g/mol. The van der Waals surface area contributed by atoms with Gasteiger partial charge >= 0.3 is 0 Å². The number of carbonyl (C=O) groups is 1. The van der Waals surface area contributed by atoms with E-state index in [9.17, 15) is 4.79 Å². The Bertz CT molecular complexity index is 475. The van der Waals surface area contributed by atoms with E-state index in [1.165, 1.54) is 0 Å². The Hall–Kier alpha value is -0.810. The zero-order valence-corrected chi connectivity index (χ0v) is 14.2. The van der Waals surface area contributed by atoms with Crippen molar-refractivity contribution >= 4 is 21.8 Å². The molecule has 1 amide bonds. The van der Waals surface area contributed by atoms with Gasteiger partial charge in [0.2, 0.25) is 0 Å². The van der Waals surface area contributed by atoms with Crippen LogP contribution in [0.4, 0.5) is 0 Å². The van der Waals surface area contributed by atoms with E-state index < -0.39 is 0 Å². The summed E-state index contributed by atoms with van der Waals surface area (Å²) in [6, 6.07) is 1.88. The molecular formula is C15H24BrN3O. The maximum atomic E-state index is 12.3. The molecule has 0 radical (unpaired) electrons. The number of carbonyl (C=O) groups excluding carboxylic acids is 1. The van der Waals surface area contributed by atoms with Crippen molar-refractivity contribution in [3.8, 4) is 0 Å². The highest BCUT2D eigenvalue weighted by molar-refractivity contribution is 9.10. The predicted octanol–water partition coefficient (Wildman–Crippen LogP) is 2.73. The molecular weight excluding hydrogens is 318 g/mol. The van der Waals surface area contributed by atoms with Crippen molar-refractivity contribution < 1.29 is 4.79 Å². The van der Waals surface area contributed by atoms with Gasteiger partial charge in [-0.3, -0.25) is 4.79 Å². The van der Waals surface area contributed by atoms with E-state index in [1.807, 2.05) is 23.8 Å². The number of amides is 1. The fraction of sp³-hybridized carbons (Fsp3) is 0.667. The molecule has 1 N–H and O–H groups in total. The monoisotopic (exact) mass is 341 g/mol. The van der Waals surface area contributed by atoms with Gasteiger partial charge in [0.1, 0.15) is 5.69 Å². The Morgan fingerprint density at radius 3 is 2.70 bits per heavy atom. The summed E-state index contributed by atoms with van der Waals surface area (Å²) >= 11 is 3.43. The molecule has 1 saturated heterocycles. The van der Waals surface area contributed by atoms with Gasteiger partial charge in [0, 0.05) is 23.8 Å². The quantitative estimate of drug-likeness (QED) is 0.914. The van der Waals surface area contributed by atoms with E-state index >= 15 is 0 Å². The lowest BCUT2D eigenvalue weighted by molar-refractivity contribution is 0.0883. The molecule has 1 fully saturated rings. The number of likely N-dealkylation sites (tertiary alicyclic amines) is 1. The summed E-state index contributed by atoms with van der Waals surface area (Å²) in [5, 5.41) is 3.11. The Morgan fingerprint density at radius 2 is 2.10 bits per heavy atom. The predicted molar refractivity (Wildman–Crippen MR) is 85.0 cm³/mol. The largest absolute Gasteiger partial charge is 0.350 e. The Labute approximate surface area is 129 Å². The maximum absolute atomic E-state index is 12.3. The summed E-state index contributed by atoms with van der Waals surface area (Å²) in [4.78, 5) is 14.7. The molecule has 1 aliphatic rings. The smallest absolute Gasteiger partial charge is 0.267 e. The number of halogens is 1. The molecule has 1 aliphatic heterocycles. The summed E-state index contributed by atoms with van der Waals surface area (Å²) in [6.45, 7) is 8.10. The molecule has 0 saturated carbocycles. The first-order chi connectivity index (χ1) is 9.43. The second kappa shape index (κ2) is 6.31. The zero-order chi connectivity index (χ0) is 14.8. The molecule has 0 aliphatic carbocycles. The van der Waals surface area contributed by atoms with E-state index in [-0.39, 0.29) is 11.3 Å². The summed E-state index contributed by atoms with van der Waals surface area (Å²) in [6.07, 6.45) is 4.23. The Kier molecular flexibility index (Phi) is 4.91. The zero-order valence-electron chi connectivity index (χ0n) is 12.6. The number of rotatable bonds is 4. The molecule has 112 valence electrons. The third-order valence-electron chi connectivity index (χ3n) is 4.31. The Morgan fingerprint density at radius 1 is 1.45 bits per heavy atom. The fourth-order valence-electron chi connectivity index (χ4n) is 2.65. The van der Waals surface area contributed by atoms with Gasteiger partial charge in [-0.25, -0.2) is 0 Å². The normalized spacial score (nSPS) is 19.0. The fourth-order valence-corrected chi connectivity index (χ4v) is 3.11. The van der Waals surface area contributed by atoms with Crippen molar-refractivity contribution in [1.29, 1.82) is 0 Å². The van der Waals surface area contributed by atoms with Crippen molar-refractivity contribution in [1.82, 2.24) is 14.8 Å². The summed E-state index contributed by atoms with van der Waals surface area (Å²) < 4.78 is 2.92. The second-order valence-electron chi connectivity index (χ2n) is 6.13. The van der Waals surface area contributed by atoms with Crippen LogP contribution in [0.15, 0.2) is 16.7 Å². The number of piperidine rings is 1. The molecule has 4 nitrogen and oxygen atoms in total. The molecule has 0 aromatic carbocycles. The first kappa shape index (κ1) is 15.6. The first-order valence-electron chi connectivity index (χ1n) is 7.26. The van der Waals surface area contributed by atoms with Crippen LogP contribution in [0.1, 0.15) is 37.2 Å². The summed E-state index contributed by atoms with van der Waals surface area (Å²) in [5.41, 5.74) is 0.958. The van der Waals surface area contributed by atoms with Crippen LogP contribution in [0.25, 0.3) is 0 Å². The average Bonchev–Trinajstić information content (AvgIpc) is 2.81. The number of nitrogens with zero attached hydrogens (tertiary/aromatic N) is 2. The topological polar surface area (TPSA) is 37.3 Å². The van der Waals surface area contributed by atoms with Crippen LogP contribution in [0.2, 0.25) is 0 Å². The highest BCUT2D eigenvalue weighted by Crippen LogP contribution is 2.29. The van der Waals surface area contributed by atoms with E-state index in [2.05, 4.69) is 40.1 Å². The number of aryl methyl sites for hydroxylation is 1. The van der Waals surface area contributed by atoms with Crippen LogP contribution in [0, 0.1) is 5.41 Å². The van der Waals surface area contributed by atoms with Crippen molar-refractivity contribution in [3.05, 3.63) is 22.4 Å². The minimum absolute atomic E-state index is 0.0257. The summed E-state index contributed by atoms with van der Waals surface area (Å²) in [7, 11) is 2.16. The molecule has 2 rings (SSSR count). The lowest BCUT2D eigenvalue weighted by Crippen LogP contribution is -2.43.